The number of hydrogen-bond acceptors (Lipinski definition) is 2. The van der Waals surface area contributed by atoms with Crippen molar-refractivity contribution in [2.45, 2.75) is 45.6 Å². The van der Waals surface area contributed by atoms with Crippen LogP contribution in [-0.2, 0) is 7.05 Å². The highest BCUT2D eigenvalue weighted by Gasteiger charge is 2.22. The second-order valence-corrected chi connectivity index (χ2v) is 4.95. The summed E-state index contributed by atoms with van der Waals surface area (Å²) in [5.41, 5.74) is 5.32. The fraction of sp³-hybridized carbons (Fsp3) is 0.643. The molecule has 0 amide bonds. The van der Waals surface area contributed by atoms with Crippen LogP contribution < -0.4 is 5.32 Å². The molecule has 3 heteroatoms. The summed E-state index contributed by atoms with van der Waals surface area (Å²) in [4.78, 5) is 0. The quantitative estimate of drug-likeness (QED) is 0.814. The summed E-state index contributed by atoms with van der Waals surface area (Å²) in [5.74, 6) is 0. The van der Waals surface area contributed by atoms with Gasteiger partial charge in [-0.25, -0.2) is 0 Å². The summed E-state index contributed by atoms with van der Waals surface area (Å²) in [5, 5.41) is 7.99. The average molecular weight is 233 g/mol. The van der Waals surface area contributed by atoms with E-state index >= 15 is 0 Å². The van der Waals surface area contributed by atoms with E-state index in [1.165, 1.54) is 42.5 Å². The average Bonchev–Trinajstić information content (AvgIpc) is 2.58. The Bertz CT molecular complexity index is 429. The van der Waals surface area contributed by atoms with Gasteiger partial charge in [-0.2, -0.15) is 5.10 Å². The molecule has 2 rings (SSSR count). The molecule has 0 spiro atoms. The Kier molecular flexibility index (Phi) is 3.67. The first-order valence-electron chi connectivity index (χ1n) is 6.51. The van der Waals surface area contributed by atoms with E-state index in [0.717, 1.165) is 5.69 Å². The highest BCUT2D eigenvalue weighted by Crippen LogP contribution is 2.32. The van der Waals surface area contributed by atoms with Crippen LogP contribution in [-0.4, -0.2) is 16.8 Å². The monoisotopic (exact) mass is 233 g/mol. The second kappa shape index (κ2) is 5.05. The molecule has 0 saturated carbocycles. The minimum atomic E-state index is 0.351. The molecule has 1 atom stereocenters. The molecule has 17 heavy (non-hydrogen) atoms. The van der Waals surface area contributed by atoms with Crippen molar-refractivity contribution in [1.29, 1.82) is 0 Å². The number of allylic oxidation sites excluding steroid dienone is 1. The van der Waals surface area contributed by atoms with E-state index in [0.29, 0.717) is 6.04 Å². The highest BCUT2D eigenvalue weighted by atomic mass is 15.3. The van der Waals surface area contributed by atoms with Crippen molar-refractivity contribution in [3.8, 4) is 0 Å². The molecule has 1 aromatic heterocycles. The Labute approximate surface area is 104 Å². The summed E-state index contributed by atoms with van der Waals surface area (Å²) in [6.45, 7) is 4.26. The fourth-order valence-electron chi connectivity index (χ4n) is 2.85. The predicted molar refractivity (Wildman–Crippen MR) is 71.0 cm³/mol. The highest BCUT2D eigenvalue weighted by molar-refractivity contribution is 5.35. The lowest BCUT2D eigenvalue weighted by Crippen LogP contribution is -2.21. The van der Waals surface area contributed by atoms with E-state index in [9.17, 15) is 0 Å². The van der Waals surface area contributed by atoms with Gasteiger partial charge >= 0.3 is 0 Å². The van der Waals surface area contributed by atoms with Gasteiger partial charge in [0, 0.05) is 18.3 Å². The van der Waals surface area contributed by atoms with E-state index in [4.69, 9.17) is 0 Å². The number of aryl methyl sites for hydroxylation is 2. The smallest absolute Gasteiger partial charge is 0.0647 e. The number of likely N-dealkylation sites (N-methyl/N-ethyl adjacent to an activating group) is 1. The van der Waals surface area contributed by atoms with Crippen molar-refractivity contribution in [1.82, 2.24) is 15.1 Å². The molecular formula is C14H23N3. The van der Waals surface area contributed by atoms with Gasteiger partial charge in [0.1, 0.15) is 0 Å². The van der Waals surface area contributed by atoms with Crippen LogP contribution in [0.3, 0.4) is 0 Å². The summed E-state index contributed by atoms with van der Waals surface area (Å²) >= 11 is 0. The number of nitrogens with zero attached hydrogens (tertiary/aromatic N) is 2. The van der Waals surface area contributed by atoms with Crippen LogP contribution in [0.15, 0.2) is 11.6 Å². The summed E-state index contributed by atoms with van der Waals surface area (Å²) in [6, 6.07) is 0.351. The molecule has 1 aliphatic rings. The number of hydrogen-bond donors (Lipinski definition) is 1. The third kappa shape index (κ3) is 2.29. The lowest BCUT2D eigenvalue weighted by Gasteiger charge is -2.23. The molecule has 0 aliphatic heterocycles. The standard InChI is InChI=1S/C14H23N3/c1-10-13(11(2)17(4)16-10)14(15-3)12-8-6-5-7-9-12/h8,14-15H,5-7,9H2,1-4H3. The molecule has 94 valence electrons. The Morgan fingerprint density at radius 3 is 2.59 bits per heavy atom. The first-order chi connectivity index (χ1) is 8.15. The van der Waals surface area contributed by atoms with Crippen LogP contribution in [0.25, 0.3) is 0 Å². The Morgan fingerprint density at radius 2 is 2.12 bits per heavy atom. The zero-order valence-electron chi connectivity index (χ0n) is 11.4. The van der Waals surface area contributed by atoms with Gasteiger partial charge in [0.2, 0.25) is 0 Å². The van der Waals surface area contributed by atoms with E-state index in [2.05, 4.69) is 30.3 Å². The maximum absolute atomic E-state index is 4.52. The SMILES string of the molecule is CNC(C1=CCCCC1)c1c(C)nn(C)c1C. The molecule has 0 aromatic carbocycles. The predicted octanol–water partition coefficient (Wildman–Crippen LogP) is 2.80. The zero-order chi connectivity index (χ0) is 12.4. The second-order valence-electron chi connectivity index (χ2n) is 4.95. The molecule has 1 N–H and O–H groups in total. The fourth-order valence-corrected chi connectivity index (χ4v) is 2.85. The van der Waals surface area contributed by atoms with Crippen molar-refractivity contribution in [3.05, 3.63) is 28.6 Å². The first kappa shape index (κ1) is 12.4. The van der Waals surface area contributed by atoms with Gasteiger partial charge in [0.25, 0.3) is 0 Å². The molecule has 0 saturated heterocycles. The van der Waals surface area contributed by atoms with Crippen LogP contribution in [0.4, 0.5) is 0 Å². The van der Waals surface area contributed by atoms with Crippen LogP contribution in [0.2, 0.25) is 0 Å². The summed E-state index contributed by atoms with van der Waals surface area (Å²) in [7, 11) is 4.07. The third-order valence-corrected chi connectivity index (χ3v) is 3.84. The maximum Gasteiger partial charge on any atom is 0.0647 e. The minimum absolute atomic E-state index is 0.351. The van der Waals surface area contributed by atoms with Gasteiger partial charge < -0.3 is 5.32 Å². The van der Waals surface area contributed by atoms with Gasteiger partial charge in [-0.15, -0.1) is 0 Å². The van der Waals surface area contributed by atoms with E-state index < -0.39 is 0 Å². The van der Waals surface area contributed by atoms with Crippen molar-refractivity contribution in [2.75, 3.05) is 7.05 Å². The summed E-state index contributed by atoms with van der Waals surface area (Å²) in [6.07, 6.45) is 7.52. The number of aromatic nitrogens is 2. The van der Waals surface area contributed by atoms with E-state index in [1.807, 2.05) is 18.8 Å². The van der Waals surface area contributed by atoms with Crippen LogP contribution in [0.1, 0.15) is 48.7 Å². The van der Waals surface area contributed by atoms with Gasteiger partial charge in [-0.05, 0) is 46.6 Å². The minimum Gasteiger partial charge on any atom is -0.309 e. The third-order valence-electron chi connectivity index (χ3n) is 3.84. The van der Waals surface area contributed by atoms with Crippen molar-refractivity contribution in [2.24, 2.45) is 7.05 Å². The van der Waals surface area contributed by atoms with Crippen molar-refractivity contribution >= 4 is 0 Å². The Hall–Kier alpha value is -1.09. The Balaban J connectivity index is 2.37. The summed E-state index contributed by atoms with van der Waals surface area (Å²) < 4.78 is 1.98. The van der Waals surface area contributed by atoms with Gasteiger partial charge in [-0.3, -0.25) is 4.68 Å². The van der Waals surface area contributed by atoms with Crippen LogP contribution >= 0.6 is 0 Å². The normalized spacial score (nSPS) is 18.0. The molecule has 0 bridgehead atoms. The first-order valence-corrected chi connectivity index (χ1v) is 6.51. The number of nitrogens with one attached hydrogen (secondary N) is 1. The molecule has 0 radical (unpaired) electrons. The molecular weight excluding hydrogens is 210 g/mol. The zero-order valence-corrected chi connectivity index (χ0v) is 11.4. The lowest BCUT2D eigenvalue weighted by atomic mass is 9.89. The topological polar surface area (TPSA) is 29.9 Å². The maximum atomic E-state index is 4.52. The van der Waals surface area contributed by atoms with Crippen molar-refractivity contribution < 1.29 is 0 Å². The van der Waals surface area contributed by atoms with Crippen molar-refractivity contribution in [3.63, 3.8) is 0 Å². The molecule has 1 heterocycles. The lowest BCUT2D eigenvalue weighted by molar-refractivity contribution is 0.588. The van der Waals surface area contributed by atoms with Crippen LogP contribution in [0.5, 0.6) is 0 Å². The van der Waals surface area contributed by atoms with Gasteiger partial charge in [-0.1, -0.05) is 11.6 Å². The number of rotatable bonds is 3. The Morgan fingerprint density at radius 1 is 1.35 bits per heavy atom. The largest absolute Gasteiger partial charge is 0.309 e. The molecule has 3 nitrogen and oxygen atoms in total. The van der Waals surface area contributed by atoms with Crippen LogP contribution in [0, 0.1) is 13.8 Å². The van der Waals surface area contributed by atoms with E-state index in [-0.39, 0.29) is 0 Å². The van der Waals surface area contributed by atoms with Gasteiger partial charge in [0.05, 0.1) is 11.7 Å². The molecule has 1 aromatic rings. The molecule has 1 aliphatic carbocycles. The van der Waals surface area contributed by atoms with E-state index in [1.54, 1.807) is 0 Å². The van der Waals surface area contributed by atoms with Gasteiger partial charge in [0.15, 0.2) is 0 Å². The molecule has 1 unspecified atom stereocenters. The molecule has 0 fully saturated rings.